The van der Waals surface area contributed by atoms with E-state index in [0.717, 1.165) is 18.0 Å². The number of hydrogen-bond acceptors (Lipinski definition) is 3. The molecule has 0 saturated carbocycles. The first kappa shape index (κ1) is 10.2. The molecule has 1 aromatic rings. The molecule has 1 amide bonds. The Bertz CT molecular complexity index is 283. The van der Waals surface area contributed by atoms with Crippen molar-refractivity contribution < 1.29 is 4.79 Å². The smallest absolute Gasteiger partial charge is 0.226 e. The molecule has 0 aliphatic carbocycles. The van der Waals surface area contributed by atoms with Crippen molar-refractivity contribution in [3.05, 3.63) is 11.1 Å². The van der Waals surface area contributed by atoms with Gasteiger partial charge in [0.2, 0.25) is 5.91 Å². The Morgan fingerprint density at radius 2 is 2.38 bits per heavy atom. The predicted octanol–water partition coefficient (Wildman–Crippen LogP) is 2.44. The van der Waals surface area contributed by atoms with Crippen LogP contribution in [0.3, 0.4) is 0 Å². The van der Waals surface area contributed by atoms with Gasteiger partial charge in [-0.1, -0.05) is 13.8 Å². The third-order valence-corrected chi connectivity index (χ3v) is 2.68. The van der Waals surface area contributed by atoms with E-state index < -0.39 is 0 Å². The van der Waals surface area contributed by atoms with Crippen LogP contribution in [-0.2, 0) is 11.2 Å². The van der Waals surface area contributed by atoms with Crippen molar-refractivity contribution in [3.8, 4) is 0 Å². The molecule has 0 fully saturated rings. The molecule has 0 saturated heterocycles. The molecular weight excluding hydrogens is 184 g/mol. The van der Waals surface area contributed by atoms with Gasteiger partial charge in [0.1, 0.15) is 0 Å². The first-order valence-corrected chi connectivity index (χ1v) is 5.32. The minimum atomic E-state index is 0.0551. The van der Waals surface area contributed by atoms with E-state index in [1.165, 1.54) is 4.88 Å². The number of carbonyl (C=O) groups is 1. The number of hydrogen-bond donors (Lipinski definition) is 1. The highest BCUT2D eigenvalue weighted by molar-refractivity contribution is 7.15. The Labute approximate surface area is 82.2 Å². The van der Waals surface area contributed by atoms with E-state index in [4.69, 9.17) is 0 Å². The summed E-state index contributed by atoms with van der Waals surface area (Å²) in [6.07, 6.45) is 4.23. The number of carbonyl (C=O) groups excluding carboxylic acids is 1. The highest BCUT2D eigenvalue weighted by atomic mass is 32.1. The molecule has 1 rings (SSSR count). The van der Waals surface area contributed by atoms with Crippen molar-refractivity contribution in [2.75, 3.05) is 5.32 Å². The second-order valence-corrected chi connectivity index (χ2v) is 3.90. The van der Waals surface area contributed by atoms with Gasteiger partial charge in [-0.25, -0.2) is 4.98 Å². The van der Waals surface area contributed by atoms with Crippen molar-refractivity contribution in [1.29, 1.82) is 0 Å². The molecule has 0 spiro atoms. The van der Waals surface area contributed by atoms with Crippen LogP contribution in [0.25, 0.3) is 0 Å². The van der Waals surface area contributed by atoms with Crippen LogP contribution in [0.1, 0.15) is 31.6 Å². The summed E-state index contributed by atoms with van der Waals surface area (Å²) >= 11 is 1.54. The Kier molecular flexibility index (Phi) is 3.89. The van der Waals surface area contributed by atoms with Crippen molar-refractivity contribution in [2.45, 2.75) is 33.1 Å². The zero-order valence-electron chi connectivity index (χ0n) is 7.96. The fourth-order valence-corrected chi connectivity index (χ4v) is 1.71. The summed E-state index contributed by atoms with van der Waals surface area (Å²) in [6, 6.07) is 0. The standard InChI is InChI=1S/C9H14N2OS/c1-3-5-8(12)11-9-10-6-7(4-2)13-9/h6H,3-5H2,1-2H3,(H,10,11,12). The highest BCUT2D eigenvalue weighted by Crippen LogP contribution is 2.18. The number of rotatable bonds is 4. The summed E-state index contributed by atoms with van der Waals surface area (Å²) in [6.45, 7) is 4.06. The van der Waals surface area contributed by atoms with Gasteiger partial charge in [-0.15, -0.1) is 11.3 Å². The van der Waals surface area contributed by atoms with E-state index in [9.17, 15) is 4.79 Å². The van der Waals surface area contributed by atoms with Crippen LogP contribution in [0.5, 0.6) is 0 Å². The molecule has 0 aliphatic heterocycles. The van der Waals surface area contributed by atoms with Gasteiger partial charge in [0.05, 0.1) is 0 Å². The summed E-state index contributed by atoms with van der Waals surface area (Å²) in [5.41, 5.74) is 0. The number of thiazole rings is 1. The van der Waals surface area contributed by atoms with Gasteiger partial charge in [-0.05, 0) is 12.8 Å². The lowest BCUT2D eigenvalue weighted by Crippen LogP contribution is -2.09. The van der Waals surface area contributed by atoms with Gasteiger partial charge in [-0.2, -0.15) is 0 Å². The molecule has 1 heterocycles. The fraction of sp³-hybridized carbons (Fsp3) is 0.556. The molecular formula is C9H14N2OS. The first-order valence-electron chi connectivity index (χ1n) is 4.50. The predicted molar refractivity (Wildman–Crippen MR) is 55.0 cm³/mol. The number of nitrogens with one attached hydrogen (secondary N) is 1. The molecule has 0 aromatic carbocycles. The third-order valence-electron chi connectivity index (χ3n) is 1.63. The maximum Gasteiger partial charge on any atom is 0.226 e. The maximum absolute atomic E-state index is 11.2. The SMILES string of the molecule is CCCC(=O)Nc1ncc(CC)s1. The van der Waals surface area contributed by atoms with E-state index in [1.807, 2.05) is 13.1 Å². The number of aromatic nitrogens is 1. The number of nitrogens with zero attached hydrogens (tertiary/aromatic N) is 1. The second-order valence-electron chi connectivity index (χ2n) is 2.78. The lowest BCUT2D eigenvalue weighted by Gasteiger charge is -1.97. The Balaban J connectivity index is 2.49. The Hall–Kier alpha value is -0.900. The zero-order chi connectivity index (χ0) is 9.68. The van der Waals surface area contributed by atoms with Gasteiger partial charge in [0.25, 0.3) is 0 Å². The van der Waals surface area contributed by atoms with E-state index in [-0.39, 0.29) is 5.91 Å². The number of amides is 1. The van der Waals surface area contributed by atoms with Crippen LogP contribution in [0.2, 0.25) is 0 Å². The average molecular weight is 198 g/mol. The maximum atomic E-state index is 11.2. The monoisotopic (exact) mass is 198 g/mol. The summed E-state index contributed by atoms with van der Waals surface area (Å²) in [4.78, 5) is 16.5. The third kappa shape index (κ3) is 3.14. The van der Waals surface area contributed by atoms with E-state index in [0.29, 0.717) is 6.42 Å². The fourth-order valence-electron chi connectivity index (χ4n) is 0.938. The molecule has 4 heteroatoms. The molecule has 0 unspecified atom stereocenters. The van der Waals surface area contributed by atoms with Crippen molar-refractivity contribution in [1.82, 2.24) is 4.98 Å². The molecule has 1 N–H and O–H groups in total. The van der Waals surface area contributed by atoms with Crippen LogP contribution in [-0.4, -0.2) is 10.9 Å². The molecule has 3 nitrogen and oxygen atoms in total. The summed E-state index contributed by atoms with van der Waals surface area (Å²) in [7, 11) is 0. The summed E-state index contributed by atoms with van der Waals surface area (Å²) in [5.74, 6) is 0.0551. The van der Waals surface area contributed by atoms with Gasteiger partial charge >= 0.3 is 0 Å². The molecule has 72 valence electrons. The summed E-state index contributed by atoms with van der Waals surface area (Å²) in [5, 5.41) is 3.48. The average Bonchev–Trinajstić information content (AvgIpc) is 2.52. The Morgan fingerprint density at radius 3 is 2.92 bits per heavy atom. The Morgan fingerprint density at radius 1 is 1.62 bits per heavy atom. The minimum absolute atomic E-state index is 0.0551. The van der Waals surface area contributed by atoms with E-state index >= 15 is 0 Å². The molecule has 0 aliphatic rings. The van der Waals surface area contributed by atoms with Crippen LogP contribution in [0.15, 0.2) is 6.20 Å². The lowest BCUT2D eigenvalue weighted by atomic mass is 10.3. The number of anilines is 1. The molecule has 1 aromatic heterocycles. The van der Waals surface area contributed by atoms with Gasteiger partial charge in [0, 0.05) is 17.5 Å². The van der Waals surface area contributed by atoms with E-state index in [2.05, 4.69) is 17.2 Å². The number of aryl methyl sites for hydroxylation is 1. The van der Waals surface area contributed by atoms with Crippen molar-refractivity contribution in [2.24, 2.45) is 0 Å². The quantitative estimate of drug-likeness (QED) is 0.807. The van der Waals surface area contributed by atoms with Crippen LogP contribution < -0.4 is 5.32 Å². The summed E-state index contributed by atoms with van der Waals surface area (Å²) < 4.78 is 0. The lowest BCUT2D eigenvalue weighted by molar-refractivity contribution is -0.116. The first-order chi connectivity index (χ1) is 6.26. The second kappa shape index (κ2) is 4.97. The van der Waals surface area contributed by atoms with Gasteiger partial charge < -0.3 is 5.32 Å². The molecule has 0 atom stereocenters. The normalized spacial score (nSPS) is 10.0. The minimum Gasteiger partial charge on any atom is -0.302 e. The van der Waals surface area contributed by atoms with Crippen LogP contribution in [0.4, 0.5) is 5.13 Å². The van der Waals surface area contributed by atoms with Gasteiger partial charge in [0.15, 0.2) is 5.13 Å². The molecule has 0 radical (unpaired) electrons. The largest absolute Gasteiger partial charge is 0.302 e. The van der Waals surface area contributed by atoms with Crippen LogP contribution in [0, 0.1) is 0 Å². The molecule has 13 heavy (non-hydrogen) atoms. The zero-order valence-corrected chi connectivity index (χ0v) is 8.78. The van der Waals surface area contributed by atoms with E-state index in [1.54, 1.807) is 11.3 Å². The van der Waals surface area contributed by atoms with Crippen LogP contribution >= 0.6 is 11.3 Å². The highest BCUT2D eigenvalue weighted by Gasteiger charge is 2.04. The van der Waals surface area contributed by atoms with Gasteiger partial charge in [-0.3, -0.25) is 4.79 Å². The van der Waals surface area contributed by atoms with Crippen molar-refractivity contribution >= 4 is 22.4 Å². The topological polar surface area (TPSA) is 42.0 Å². The van der Waals surface area contributed by atoms with Crippen molar-refractivity contribution in [3.63, 3.8) is 0 Å². The molecule has 0 bridgehead atoms.